The van der Waals surface area contributed by atoms with Crippen molar-refractivity contribution in [3.63, 3.8) is 0 Å². The third-order valence-corrected chi connectivity index (χ3v) is 3.63. The summed E-state index contributed by atoms with van der Waals surface area (Å²) in [7, 11) is 0. The highest BCUT2D eigenvalue weighted by molar-refractivity contribution is 7.15. The van der Waals surface area contributed by atoms with Crippen LogP contribution in [0.15, 0.2) is 24.3 Å². The Morgan fingerprint density at radius 3 is 2.53 bits per heavy atom. The molecular formula is C13H14N2OS. The molecule has 0 saturated carbocycles. The minimum atomic E-state index is -0.100. The zero-order valence-electron chi connectivity index (χ0n) is 10.1. The number of rotatable bonds is 2. The molecule has 1 heterocycles. The average molecular weight is 246 g/mol. The molecule has 0 spiro atoms. The van der Waals surface area contributed by atoms with E-state index in [2.05, 4.69) is 10.3 Å². The molecule has 2 aromatic rings. The van der Waals surface area contributed by atoms with Crippen molar-refractivity contribution in [2.45, 2.75) is 20.8 Å². The van der Waals surface area contributed by atoms with Crippen LogP contribution in [0.5, 0.6) is 0 Å². The SMILES string of the molecule is Cc1ccccc1C(=O)Nc1nc(C)c(C)s1. The van der Waals surface area contributed by atoms with Gasteiger partial charge in [-0.3, -0.25) is 10.1 Å². The number of thiazole rings is 1. The first kappa shape index (κ1) is 11.8. The number of aromatic nitrogens is 1. The Kier molecular flexibility index (Phi) is 3.24. The average Bonchev–Trinajstić information content (AvgIpc) is 2.58. The van der Waals surface area contributed by atoms with E-state index in [-0.39, 0.29) is 5.91 Å². The van der Waals surface area contributed by atoms with E-state index in [1.54, 1.807) is 0 Å². The first-order valence-electron chi connectivity index (χ1n) is 5.39. The third kappa shape index (κ3) is 2.53. The van der Waals surface area contributed by atoms with E-state index in [1.165, 1.54) is 11.3 Å². The second-order valence-corrected chi connectivity index (χ2v) is 5.13. The summed E-state index contributed by atoms with van der Waals surface area (Å²) in [6.45, 7) is 5.86. The fourth-order valence-corrected chi connectivity index (χ4v) is 2.33. The quantitative estimate of drug-likeness (QED) is 0.883. The van der Waals surface area contributed by atoms with Crippen LogP contribution in [-0.2, 0) is 0 Å². The van der Waals surface area contributed by atoms with Crippen molar-refractivity contribution in [1.29, 1.82) is 0 Å². The molecule has 17 heavy (non-hydrogen) atoms. The van der Waals surface area contributed by atoms with Gasteiger partial charge in [0.1, 0.15) is 0 Å². The van der Waals surface area contributed by atoms with E-state index in [1.807, 2.05) is 45.0 Å². The molecule has 0 saturated heterocycles. The van der Waals surface area contributed by atoms with Crippen LogP contribution in [0.3, 0.4) is 0 Å². The van der Waals surface area contributed by atoms with Crippen molar-refractivity contribution in [3.05, 3.63) is 46.0 Å². The summed E-state index contributed by atoms with van der Waals surface area (Å²) >= 11 is 1.50. The molecule has 0 unspecified atom stereocenters. The Balaban J connectivity index is 2.20. The van der Waals surface area contributed by atoms with Crippen molar-refractivity contribution in [2.24, 2.45) is 0 Å². The van der Waals surface area contributed by atoms with Crippen LogP contribution in [0.2, 0.25) is 0 Å². The number of hydrogen-bond acceptors (Lipinski definition) is 3. The lowest BCUT2D eigenvalue weighted by Gasteiger charge is -2.04. The Morgan fingerprint density at radius 1 is 1.24 bits per heavy atom. The topological polar surface area (TPSA) is 42.0 Å². The standard InChI is InChI=1S/C13H14N2OS/c1-8-6-4-5-7-11(8)12(16)15-13-14-9(2)10(3)17-13/h4-7H,1-3H3,(H,14,15,16). The number of amides is 1. The van der Waals surface area contributed by atoms with E-state index < -0.39 is 0 Å². The van der Waals surface area contributed by atoms with Gasteiger partial charge in [-0.25, -0.2) is 4.98 Å². The number of anilines is 1. The highest BCUT2D eigenvalue weighted by Gasteiger charge is 2.11. The van der Waals surface area contributed by atoms with Gasteiger partial charge in [-0.2, -0.15) is 0 Å². The number of nitrogens with one attached hydrogen (secondary N) is 1. The molecule has 1 aromatic heterocycles. The number of benzene rings is 1. The summed E-state index contributed by atoms with van der Waals surface area (Å²) in [4.78, 5) is 17.4. The molecule has 88 valence electrons. The molecule has 3 nitrogen and oxygen atoms in total. The molecule has 0 atom stereocenters. The maximum absolute atomic E-state index is 12.0. The van der Waals surface area contributed by atoms with Gasteiger partial charge in [0.15, 0.2) is 5.13 Å². The summed E-state index contributed by atoms with van der Waals surface area (Å²) in [6.07, 6.45) is 0. The van der Waals surface area contributed by atoms with E-state index in [9.17, 15) is 4.79 Å². The first-order chi connectivity index (χ1) is 8.08. The van der Waals surface area contributed by atoms with Crippen LogP contribution in [0, 0.1) is 20.8 Å². The zero-order chi connectivity index (χ0) is 12.4. The van der Waals surface area contributed by atoms with E-state index in [0.717, 1.165) is 16.1 Å². The van der Waals surface area contributed by atoms with Gasteiger partial charge in [0, 0.05) is 10.4 Å². The molecule has 0 radical (unpaired) electrons. The molecule has 0 bridgehead atoms. The number of nitrogens with zero attached hydrogens (tertiary/aromatic N) is 1. The lowest BCUT2D eigenvalue weighted by atomic mass is 10.1. The molecular weight excluding hydrogens is 232 g/mol. The van der Waals surface area contributed by atoms with Gasteiger partial charge in [0.25, 0.3) is 5.91 Å². The van der Waals surface area contributed by atoms with E-state index in [4.69, 9.17) is 0 Å². The smallest absolute Gasteiger partial charge is 0.257 e. The number of aryl methyl sites for hydroxylation is 3. The van der Waals surface area contributed by atoms with Gasteiger partial charge in [-0.15, -0.1) is 11.3 Å². The Labute approximate surface area is 105 Å². The zero-order valence-corrected chi connectivity index (χ0v) is 10.9. The van der Waals surface area contributed by atoms with Gasteiger partial charge >= 0.3 is 0 Å². The monoisotopic (exact) mass is 246 g/mol. The second kappa shape index (κ2) is 4.67. The summed E-state index contributed by atoms with van der Waals surface area (Å²) in [5.41, 5.74) is 2.63. The maximum atomic E-state index is 12.0. The first-order valence-corrected chi connectivity index (χ1v) is 6.20. The van der Waals surface area contributed by atoms with Crippen molar-refractivity contribution >= 4 is 22.4 Å². The van der Waals surface area contributed by atoms with Crippen LogP contribution < -0.4 is 5.32 Å². The Bertz CT molecular complexity index is 541. The summed E-state index contributed by atoms with van der Waals surface area (Å²) in [6, 6.07) is 7.52. The second-order valence-electron chi connectivity index (χ2n) is 3.93. The van der Waals surface area contributed by atoms with Gasteiger partial charge in [0.2, 0.25) is 0 Å². The molecule has 0 aliphatic carbocycles. The number of carbonyl (C=O) groups excluding carboxylic acids is 1. The predicted octanol–water partition coefficient (Wildman–Crippen LogP) is 3.32. The molecule has 4 heteroatoms. The van der Waals surface area contributed by atoms with Crippen LogP contribution in [0.25, 0.3) is 0 Å². The largest absolute Gasteiger partial charge is 0.298 e. The normalized spacial score (nSPS) is 10.3. The molecule has 1 amide bonds. The highest BCUT2D eigenvalue weighted by atomic mass is 32.1. The van der Waals surface area contributed by atoms with Gasteiger partial charge in [0.05, 0.1) is 5.69 Å². The van der Waals surface area contributed by atoms with Crippen LogP contribution in [0.1, 0.15) is 26.5 Å². The molecule has 1 aromatic carbocycles. The van der Waals surface area contributed by atoms with Gasteiger partial charge in [-0.1, -0.05) is 18.2 Å². The number of hydrogen-bond donors (Lipinski definition) is 1. The minimum Gasteiger partial charge on any atom is -0.298 e. The fraction of sp³-hybridized carbons (Fsp3) is 0.231. The van der Waals surface area contributed by atoms with E-state index >= 15 is 0 Å². The lowest BCUT2D eigenvalue weighted by Crippen LogP contribution is -2.12. The molecule has 0 aliphatic heterocycles. The van der Waals surface area contributed by atoms with Gasteiger partial charge in [-0.05, 0) is 32.4 Å². The summed E-state index contributed by atoms with van der Waals surface area (Å²) in [5, 5.41) is 3.49. The van der Waals surface area contributed by atoms with E-state index in [0.29, 0.717) is 10.7 Å². The third-order valence-electron chi connectivity index (χ3n) is 2.64. The van der Waals surface area contributed by atoms with Crippen molar-refractivity contribution in [1.82, 2.24) is 4.98 Å². The molecule has 2 rings (SSSR count). The van der Waals surface area contributed by atoms with Crippen molar-refractivity contribution in [2.75, 3.05) is 5.32 Å². The summed E-state index contributed by atoms with van der Waals surface area (Å²) in [5.74, 6) is -0.100. The number of carbonyl (C=O) groups is 1. The van der Waals surface area contributed by atoms with Gasteiger partial charge < -0.3 is 0 Å². The lowest BCUT2D eigenvalue weighted by molar-refractivity contribution is 0.102. The van der Waals surface area contributed by atoms with Crippen LogP contribution >= 0.6 is 11.3 Å². The molecule has 0 fully saturated rings. The van der Waals surface area contributed by atoms with Crippen LogP contribution in [0.4, 0.5) is 5.13 Å². The van der Waals surface area contributed by atoms with Crippen molar-refractivity contribution in [3.8, 4) is 0 Å². The van der Waals surface area contributed by atoms with Crippen LogP contribution in [-0.4, -0.2) is 10.9 Å². The summed E-state index contributed by atoms with van der Waals surface area (Å²) < 4.78 is 0. The predicted molar refractivity (Wildman–Crippen MR) is 70.7 cm³/mol. The maximum Gasteiger partial charge on any atom is 0.257 e. The minimum absolute atomic E-state index is 0.100. The highest BCUT2D eigenvalue weighted by Crippen LogP contribution is 2.22. The molecule has 1 N–H and O–H groups in total. The molecule has 0 aliphatic rings. The fourth-order valence-electron chi connectivity index (χ4n) is 1.52. The Morgan fingerprint density at radius 2 is 1.94 bits per heavy atom. The van der Waals surface area contributed by atoms with Crippen molar-refractivity contribution < 1.29 is 4.79 Å². The Hall–Kier alpha value is -1.68.